The molecule has 0 spiro atoms. The molecule has 0 aliphatic carbocycles. The fraction of sp³-hybridized carbons (Fsp3) is 0.600. The molecule has 0 unspecified atom stereocenters. The molecule has 0 atom stereocenters. The summed E-state index contributed by atoms with van der Waals surface area (Å²) in [6.45, 7) is 3.91. The summed E-state index contributed by atoms with van der Waals surface area (Å²) in [5.41, 5.74) is 0. The van der Waals surface area contributed by atoms with E-state index in [0.29, 0.717) is 16.8 Å². The fourth-order valence-electron chi connectivity index (χ4n) is 2.78. The minimum Gasteiger partial charge on any atom is -0.495 e. The van der Waals surface area contributed by atoms with Crippen molar-refractivity contribution in [1.82, 2.24) is 4.72 Å². The molecule has 2 rings (SSSR count). The lowest BCUT2D eigenvalue weighted by Gasteiger charge is -2.23. The molecule has 1 aliphatic heterocycles. The summed E-state index contributed by atoms with van der Waals surface area (Å²) in [5.74, 6) is 0.359. The van der Waals surface area contributed by atoms with Crippen LogP contribution in [0.25, 0.3) is 0 Å². The second-order valence-corrected chi connectivity index (χ2v) is 8.26. The van der Waals surface area contributed by atoms with Gasteiger partial charge in [-0.3, -0.25) is 0 Å². The Balaban J connectivity index is 1.89. The van der Waals surface area contributed by atoms with Crippen LogP contribution in [0.5, 0.6) is 5.75 Å². The Bertz CT molecular complexity index is 586. The van der Waals surface area contributed by atoms with Crippen LogP contribution in [0.2, 0.25) is 0 Å². The zero-order valence-corrected chi connectivity index (χ0v) is 15.3. The van der Waals surface area contributed by atoms with Gasteiger partial charge in [0.15, 0.2) is 0 Å². The van der Waals surface area contributed by atoms with Gasteiger partial charge < -0.3 is 9.64 Å². The van der Waals surface area contributed by atoms with Crippen LogP contribution in [-0.4, -0.2) is 41.7 Å². The number of sulfonamides is 1. The normalized spacial score (nSPS) is 16.6. The summed E-state index contributed by atoms with van der Waals surface area (Å²) in [6, 6.07) is 4.98. The molecule has 7 heteroatoms. The van der Waals surface area contributed by atoms with Gasteiger partial charge in [-0.1, -0.05) is 15.9 Å². The van der Waals surface area contributed by atoms with Crippen molar-refractivity contribution in [3.8, 4) is 5.75 Å². The van der Waals surface area contributed by atoms with Gasteiger partial charge in [0.2, 0.25) is 10.0 Å². The van der Waals surface area contributed by atoms with E-state index in [4.69, 9.17) is 4.74 Å². The highest BCUT2D eigenvalue weighted by atomic mass is 79.9. The molecule has 124 valence electrons. The highest BCUT2D eigenvalue weighted by molar-refractivity contribution is 9.10. The average molecular weight is 392 g/mol. The molecular formula is C15H24BrN2O3S+. The first-order valence-corrected chi connectivity index (χ1v) is 9.97. The molecule has 2 N–H and O–H groups in total. The van der Waals surface area contributed by atoms with Crippen LogP contribution in [0.1, 0.15) is 25.7 Å². The number of hydrogen-bond donors (Lipinski definition) is 2. The smallest absolute Gasteiger partial charge is 0.244 e. The summed E-state index contributed by atoms with van der Waals surface area (Å²) in [5, 5.41) is 0. The monoisotopic (exact) mass is 391 g/mol. The van der Waals surface area contributed by atoms with Crippen molar-refractivity contribution < 1.29 is 18.1 Å². The molecule has 0 radical (unpaired) electrons. The van der Waals surface area contributed by atoms with Gasteiger partial charge in [-0.15, -0.1) is 0 Å². The Kier molecular flexibility index (Phi) is 6.67. The van der Waals surface area contributed by atoms with E-state index in [2.05, 4.69) is 20.7 Å². The quantitative estimate of drug-likeness (QED) is 0.686. The molecule has 0 saturated carbocycles. The summed E-state index contributed by atoms with van der Waals surface area (Å²) >= 11 is 3.30. The van der Waals surface area contributed by atoms with Crippen molar-refractivity contribution in [1.29, 1.82) is 0 Å². The minimum atomic E-state index is -3.54. The van der Waals surface area contributed by atoms with E-state index in [0.717, 1.165) is 13.0 Å². The Morgan fingerprint density at radius 1 is 1.27 bits per heavy atom. The largest absolute Gasteiger partial charge is 0.495 e. The molecule has 1 fully saturated rings. The Morgan fingerprint density at radius 2 is 2.00 bits per heavy atom. The topological polar surface area (TPSA) is 59.8 Å². The van der Waals surface area contributed by atoms with E-state index >= 15 is 0 Å². The van der Waals surface area contributed by atoms with Gasteiger partial charge >= 0.3 is 0 Å². The summed E-state index contributed by atoms with van der Waals surface area (Å²) in [4.78, 5) is 1.76. The number of ether oxygens (including phenoxy) is 1. The summed E-state index contributed by atoms with van der Waals surface area (Å²) in [7, 11) is -2.07. The Hall–Kier alpha value is -0.630. The third-order valence-corrected chi connectivity index (χ3v) is 5.95. The van der Waals surface area contributed by atoms with Gasteiger partial charge in [0.05, 0.1) is 26.7 Å². The predicted octanol–water partition coefficient (Wildman–Crippen LogP) is 1.19. The molecule has 0 bridgehead atoms. The maximum atomic E-state index is 12.4. The van der Waals surface area contributed by atoms with Gasteiger partial charge in [-0.2, -0.15) is 0 Å². The van der Waals surface area contributed by atoms with E-state index in [1.54, 1.807) is 23.1 Å². The summed E-state index contributed by atoms with van der Waals surface area (Å²) in [6.07, 6.45) is 4.76. The third kappa shape index (κ3) is 4.94. The number of rotatable bonds is 7. The standard InChI is InChI=1S/C15H23BrN2O3S/c1-21-14-7-6-13(16)12-15(14)22(19,20)17-8-5-11-18-9-3-2-4-10-18/h6-7,12,17H,2-5,8-11H2,1H3/p+1. The van der Waals surface area contributed by atoms with Crippen LogP contribution in [0.4, 0.5) is 0 Å². The Labute approximate surface area is 141 Å². The molecule has 1 saturated heterocycles. The first kappa shape index (κ1) is 17.7. The number of methoxy groups -OCH3 is 1. The number of likely N-dealkylation sites (tertiary alicyclic amines) is 1. The van der Waals surface area contributed by atoms with Crippen LogP contribution in [0.15, 0.2) is 27.6 Å². The van der Waals surface area contributed by atoms with E-state index < -0.39 is 10.0 Å². The zero-order valence-electron chi connectivity index (χ0n) is 12.9. The molecule has 1 heterocycles. The minimum absolute atomic E-state index is 0.176. The van der Waals surface area contributed by atoms with Crippen LogP contribution < -0.4 is 14.4 Å². The molecule has 22 heavy (non-hydrogen) atoms. The van der Waals surface area contributed by atoms with Gasteiger partial charge in [0.1, 0.15) is 10.6 Å². The van der Waals surface area contributed by atoms with Gasteiger partial charge in [0.25, 0.3) is 0 Å². The van der Waals surface area contributed by atoms with Gasteiger partial charge in [-0.25, -0.2) is 13.1 Å². The summed E-state index contributed by atoms with van der Waals surface area (Å²) < 4.78 is 33.3. The lowest BCUT2D eigenvalue weighted by molar-refractivity contribution is -0.904. The first-order chi connectivity index (χ1) is 10.5. The SMILES string of the molecule is COc1ccc(Br)cc1S(=O)(=O)NCCC[NH+]1CCCCC1. The van der Waals surface area contributed by atoms with Crippen LogP contribution in [-0.2, 0) is 10.0 Å². The highest BCUT2D eigenvalue weighted by Crippen LogP contribution is 2.26. The predicted molar refractivity (Wildman–Crippen MR) is 89.9 cm³/mol. The second-order valence-electron chi connectivity index (χ2n) is 5.61. The van der Waals surface area contributed by atoms with Crippen molar-refractivity contribution in [3.63, 3.8) is 0 Å². The van der Waals surface area contributed by atoms with Gasteiger partial charge in [-0.05, 0) is 37.5 Å². The average Bonchev–Trinajstić information content (AvgIpc) is 2.52. The molecule has 0 aromatic heterocycles. The van der Waals surface area contributed by atoms with E-state index in [1.807, 2.05) is 0 Å². The Morgan fingerprint density at radius 3 is 2.68 bits per heavy atom. The van der Waals surface area contributed by atoms with Crippen LogP contribution >= 0.6 is 15.9 Å². The second kappa shape index (κ2) is 8.29. The number of benzene rings is 1. The van der Waals surface area contributed by atoms with E-state index in [1.165, 1.54) is 39.5 Å². The lowest BCUT2D eigenvalue weighted by Crippen LogP contribution is -3.12. The van der Waals surface area contributed by atoms with Crippen LogP contribution in [0.3, 0.4) is 0 Å². The van der Waals surface area contributed by atoms with Crippen molar-refractivity contribution in [3.05, 3.63) is 22.7 Å². The van der Waals surface area contributed by atoms with Crippen molar-refractivity contribution in [2.45, 2.75) is 30.6 Å². The lowest BCUT2D eigenvalue weighted by atomic mass is 10.1. The number of nitrogens with one attached hydrogen (secondary N) is 2. The molecule has 0 amide bonds. The molecule has 1 aromatic carbocycles. The zero-order chi connectivity index (χ0) is 16.0. The number of halogens is 1. The molecule has 1 aliphatic rings. The molecule has 1 aromatic rings. The molecule has 5 nitrogen and oxygen atoms in total. The number of piperidine rings is 1. The van der Waals surface area contributed by atoms with E-state index in [9.17, 15) is 8.42 Å². The van der Waals surface area contributed by atoms with Crippen molar-refractivity contribution in [2.24, 2.45) is 0 Å². The highest BCUT2D eigenvalue weighted by Gasteiger charge is 2.20. The first-order valence-electron chi connectivity index (χ1n) is 7.70. The maximum absolute atomic E-state index is 12.4. The van der Waals surface area contributed by atoms with E-state index in [-0.39, 0.29) is 4.90 Å². The van der Waals surface area contributed by atoms with Gasteiger partial charge in [0, 0.05) is 17.4 Å². The fourth-order valence-corrected chi connectivity index (χ4v) is 4.56. The van der Waals surface area contributed by atoms with Crippen molar-refractivity contribution >= 4 is 26.0 Å². The number of quaternary nitrogens is 1. The number of hydrogen-bond acceptors (Lipinski definition) is 3. The van der Waals surface area contributed by atoms with Crippen LogP contribution in [0, 0.1) is 0 Å². The molecular weight excluding hydrogens is 368 g/mol. The van der Waals surface area contributed by atoms with Crippen molar-refractivity contribution in [2.75, 3.05) is 33.3 Å². The third-order valence-electron chi connectivity index (χ3n) is 3.98. The maximum Gasteiger partial charge on any atom is 0.244 e.